The summed E-state index contributed by atoms with van der Waals surface area (Å²) in [4.78, 5) is 41.5. The number of pyridine rings is 1. The van der Waals surface area contributed by atoms with Crippen molar-refractivity contribution in [2.45, 2.75) is 58.5 Å². The highest BCUT2D eigenvalue weighted by atomic mass is 16.2. The molecule has 0 aliphatic carbocycles. The van der Waals surface area contributed by atoms with Crippen LogP contribution in [0, 0.1) is 17.8 Å². The lowest BCUT2D eigenvalue weighted by Crippen LogP contribution is -2.59. The zero-order chi connectivity index (χ0) is 26.2. The summed E-state index contributed by atoms with van der Waals surface area (Å²) in [6, 6.07) is 5.01. The number of nitrogens with one attached hydrogen (secondary N) is 3. The Hall–Kier alpha value is -3.26. The van der Waals surface area contributed by atoms with Crippen LogP contribution in [0.4, 0.5) is 0 Å². The van der Waals surface area contributed by atoms with Crippen molar-refractivity contribution in [3.05, 3.63) is 60.6 Å². The van der Waals surface area contributed by atoms with Crippen molar-refractivity contribution in [2.24, 2.45) is 17.8 Å². The number of hydrogen-bond donors (Lipinski definition) is 3. The number of hydrazine groups is 1. The van der Waals surface area contributed by atoms with E-state index in [2.05, 4.69) is 41.1 Å². The van der Waals surface area contributed by atoms with Gasteiger partial charge >= 0.3 is 0 Å². The standard InChI is InChI=1S/C28H39N5O3/c1-18(2)16-25(35)30-15-13-20(4)33-27-24(17-31-33)21(5)26(32-28(27)36)19(3)9-11-23(34)12-10-22-8-6-7-14-29-22/h6-8,10,12,14,18,21,24,26-27,31H,3-4,9,11,13,15-17H2,1-2,5H3,(H,30,35)(H,32,36)/b12-10+. The van der Waals surface area contributed by atoms with Crippen LogP contribution in [-0.4, -0.2) is 52.8 Å². The number of aromatic nitrogens is 1. The lowest BCUT2D eigenvalue weighted by molar-refractivity contribution is -0.130. The van der Waals surface area contributed by atoms with E-state index in [1.165, 1.54) is 0 Å². The lowest BCUT2D eigenvalue weighted by atomic mass is 9.76. The third kappa shape index (κ3) is 7.13. The second-order valence-corrected chi connectivity index (χ2v) is 10.2. The van der Waals surface area contributed by atoms with Crippen molar-refractivity contribution in [3.8, 4) is 0 Å². The van der Waals surface area contributed by atoms with Crippen LogP contribution in [0.25, 0.3) is 6.08 Å². The maximum Gasteiger partial charge on any atom is 0.245 e. The van der Waals surface area contributed by atoms with Gasteiger partial charge in [0, 0.05) is 50.2 Å². The Labute approximate surface area is 214 Å². The van der Waals surface area contributed by atoms with Gasteiger partial charge in [0.25, 0.3) is 0 Å². The van der Waals surface area contributed by atoms with E-state index in [-0.39, 0.29) is 41.5 Å². The van der Waals surface area contributed by atoms with Gasteiger partial charge in [-0.3, -0.25) is 19.4 Å². The molecule has 0 radical (unpaired) electrons. The van der Waals surface area contributed by atoms with E-state index >= 15 is 0 Å². The van der Waals surface area contributed by atoms with E-state index in [1.807, 2.05) is 37.1 Å². The van der Waals surface area contributed by atoms with E-state index in [1.54, 1.807) is 18.3 Å². The molecular weight excluding hydrogens is 454 g/mol. The highest BCUT2D eigenvalue weighted by Gasteiger charge is 2.49. The number of hydrogen-bond acceptors (Lipinski definition) is 6. The molecule has 1 aromatic rings. The molecule has 0 bridgehead atoms. The van der Waals surface area contributed by atoms with Crippen LogP contribution in [-0.2, 0) is 14.4 Å². The number of rotatable bonds is 12. The van der Waals surface area contributed by atoms with Gasteiger partial charge in [0.1, 0.15) is 6.04 Å². The van der Waals surface area contributed by atoms with E-state index in [0.717, 1.165) is 17.0 Å². The van der Waals surface area contributed by atoms with Crippen molar-refractivity contribution in [1.29, 1.82) is 0 Å². The SMILES string of the molecule is C=C(CCC(=O)/C=C/c1ccccn1)C1NC(=O)C2C(CNN2C(=C)CCNC(=O)CC(C)C)C1C. The molecule has 36 heavy (non-hydrogen) atoms. The van der Waals surface area contributed by atoms with Crippen molar-refractivity contribution in [2.75, 3.05) is 13.1 Å². The average molecular weight is 494 g/mol. The van der Waals surface area contributed by atoms with Gasteiger partial charge in [-0.2, -0.15) is 0 Å². The number of nitrogens with zero attached hydrogens (tertiary/aromatic N) is 2. The van der Waals surface area contributed by atoms with Crippen molar-refractivity contribution in [3.63, 3.8) is 0 Å². The number of fused-ring (bicyclic) bond motifs is 1. The second-order valence-electron chi connectivity index (χ2n) is 10.2. The number of amides is 2. The average Bonchev–Trinajstić information content (AvgIpc) is 3.30. The van der Waals surface area contributed by atoms with Gasteiger partial charge in [-0.05, 0) is 42.5 Å². The summed E-state index contributed by atoms with van der Waals surface area (Å²) in [5, 5.41) is 7.91. The smallest absolute Gasteiger partial charge is 0.245 e. The van der Waals surface area contributed by atoms with Crippen LogP contribution >= 0.6 is 0 Å². The summed E-state index contributed by atoms with van der Waals surface area (Å²) in [5.41, 5.74) is 5.71. The minimum atomic E-state index is -0.356. The molecule has 4 atom stereocenters. The summed E-state index contributed by atoms with van der Waals surface area (Å²) < 4.78 is 0. The highest BCUT2D eigenvalue weighted by molar-refractivity contribution is 5.93. The fourth-order valence-electron chi connectivity index (χ4n) is 4.88. The third-order valence-corrected chi connectivity index (χ3v) is 6.88. The van der Waals surface area contributed by atoms with Gasteiger partial charge in [0.05, 0.1) is 11.7 Å². The number of allylic oxidation sites excluding steroid dienone is 1. The minimum absolute atomic E-state index is 0.0000359. The van der Waals surface area contributed by atoms with Crippen LogP contribution in [0.5, 0.6) is 0 Å². The molecule has 0 aromatic carbocycles. The molecule has 0 spiro atoms. The molecule has 2 saturated heterocycles. The van der Waals surface area contributed by atoms with Crippen LogP contribution in [0.1, 0.15) is 52.1 Å². The first-order chi connectivity index (χ1) is 17.2. The van der Waals surface area contributed by atoms with E-state index in [9.17, 15) is 14.4 Å². The Kier molecular flexibility index (Phi) is 9.58. The Bertz CT molecular complexity index is 1000. The Morgan fingerprint density at radius 3 is 2.72 bits per heavy atom. The molecule has 2 aliphatic rings. The van der Waals surface area contributed by atoms with Crippen LogP contribution < -0.4 is 16.1 Å². The molecule has 194 valence electrons. The molecule has 3 N–H and O–H groups in total. The Balaban J connectivity index is 1.50. The van der Waals surface area contributed by atoms with Gasteiger partial charge in [0.15, 0.2) is 5.78 Å². The van der Waals surface area contributed by atoms with Gasteiger partial charge in [0.2, 0.25) is 11.8 Å². The van der Waals surface area contributed by atoms with Crippen LogP contribution in [0.2, 0.25) is 0 Å². The first-order valence-electron chi connectivity index (χ1n) is 12.7. The normalized spacial score (nSPS) is 23.4. The third-order valence-electron chi connectivity index (χ3n) is 6.88. The fraction of sp³-hybridized carbons (Fsp3) is 0.500. The molecular formula is C28H39N5O3. The summed E-state index contributed by atoms with van der Waals surface area (Å²) in [6.45, 7) is 15.6. The van der Waals surface area contributed by atoms with E-state index in [0.29, 0.717) is 44.7 Å². The molecule has 8 nitrogen and oxygen atoms in total. The molecule has 0 saturated carbocycles. The monoisotopic (exact) mass is 493 g/mol. The molecule has 3 rings (SSSR count). The predicted octanol–water partition coefficient (Wildman–Crippen LogP) is 3.01. The molecule has 2 amide bonds. The van der Waals surface area contributed by atoms with E-state index in [4.69, 9.17) is 0 Å². The number of carbonyl (C=O) groups excluding carboxylic acids is 3. The van der Waals surface area contributed by atoms with Crippen molar-refractivity contribution >= 4 is 23.7 Å². The first-order valence-corrected chi connectivity index (χ1v) is 12.7. The minimum Gasteiger partial charge on any atom is -0.356 e. The summed E-state index contributed by atoms with van der Waals surface area (Å²) in [6.07, 6.45) is 6.85. The molecule has 8 heteroatoms. The van der Waals surface area contributed by atoms with Gasteiger partial charge in [-0.1, -0.05) is 45.6 Å². The highest BCUT2D eigenvalue weighted by Crippen LogP contribution is 2.35. The Morgan fingerprint density at radius 1 is 1.25 bits per heavy atom. The number of piperidine rings is 1. The fourth-order valence-corrected chi connectivity index (χ4v) is 4.88. The van der Waals surface area contributed by atoms with E-state index < -0.39 is 0 Å². The summed E-state index contributed by atoms with van der Waals surface area (Å²) in [5.74, 6) is 0.509. The molecule has 3 heterocycles. The molecule has 4 unspecified atom stereocenters. The second kappa shape index (κ2) is 12.6. The Morgan fingerprint density at radius 2 is 2.03 bits per heavy atom. The topological polar surface area (TPSA) is 103 Å². The zero-order valence-corrected chi connectivity index (χ0v) is 21.6. The maximum absolute atomic E-state index is 13.1. The van der Waals surface area contributed by atoms with Crippen LogP contribution in [0.3, 0.4) is 0 Å². The summed E-state index contributed by atoms with van der Waals surface area (Å²) >= 11 is 0. The zero-order valence-electron chi connectivity index (χ0n) is 21.6. The maximum atomic E-state index is 13.1. The van der Waals surface area contributed by atoms with Gasteiger partial charge < -0.3 is 15.6 Å². The quantitative estimate of drug-likeness (QED) is 0.306. The molecule has 2 aliphatic heterocycles. The number of carbonyl (C=O) groups is 3. The van der Waals surface area contributed by atoms with Crippen molar-refractivity contribution < 1.29 is 14.4 Å². The molecule has 1 aromatic heterocycles. The predicted molar refractivity (Wildman–Crippen MR) is 141 cm³/mol. The van der Waals surface area contributed by atoms with Crippen LogP contribution in [0.15, 0.2) is 54.9 Å². The van der Waals surface area contributed by atoms with Gasteiger partial charge in [-0.25, -0.2) is 5.43 Å². The molecule has 2 fully saturated rings. The lowest BCUT2D eigenvalue weighted by Gasteiger charge is -2.41. The largest absolute Gasteiger partial charge is 0.356 e. The van der Waals surface area contributed by atoms with Crippen molar-refractivity contribution in [1.82, 2.24) is 26.1 Å². The first kappa shape index (κ1) is 27.3. The summed E-state index contributed by atoms with van der Waals surface area (Å²) in [7, 11) is 0. The van der Waals surface area contributed by atoms with Gasteiger partial charge in [-0.15, -0.1) is 0 Å². The number of ketones is 1.